The molecule has 0 saturated carbocycles. The van der Waals surface area contributed by atoms with Crippen molar-refractivity contribution in [2.75, 3.05) is 0 Å². The first-order chi connectivity index (χ1) is 35.5. The quantitative estimate of drug-likeness (QED) is 0.0596. The monoisotopic (exact) mass is 1020 g/mol. The summed E-state index contributed by atoms with van der Waals surface area (Å²) in [6.45, 7) is 4.60. The van der Waals surface area contributed by atoms with Crippen molar-refractivity contribution in [3.63, 3.8) is 0 Å². The molecule has 0 amide bonds. The van der Waals surface area contributed by atoms with E-state index in [1.54, 1.807) is 0 Å². The Morgan fingerprint density at radius 3 is 0.333 bits per heavy atom. The molecule has 72 heavy (non-hydrogen) atoms. The van der Waals surface area contributed by atoms with Crippen LogP contribution in [0.3, 0.4) is 0 Å². The zero-order valence-electron chi connectivity index (χ0n) is 50.0. The lowest BCUT2D eigenvalue weighted by Crippen LogP contribution is -1.93. The second-order valence-corrected chi connectivity index (χ2v) is 23.5. The third-order valence-electron chi connectivity index (χ3n) is 16.0. The molecule has 0 bridgehead atoms. The van der Waals surface area contributed by atoms with Crippen LogP contribution < -0.4 is 0 Å². The molecule has 0 aromatic rings. The molecule has 4 heteroatoms. The van der Waals surface area contributed by atoms with Crippen molar-refractivity contribution >= 4 is 11.9 Å². The fourth-order valence-corrected chi connectivity index (χ4v) is 11.0. The second kappa shape index (κ2) is 69.9. The highest BCUT2D eigenvalue weighted by molar-refractivity contribution is 5.66. The number of carboxylic acid groups (broad SMARTS) is 2. The minimum atomic E-state index is -0.648. The van der Waals surface area contributed by atoms with Gasteiger partial charge in [-0.15, -0.1) is 0 Å². The van der Waals surface area contributed by atoms with Crippen molar-refractivity contribution < 1.29 is 19.8 Å². The zero-order valence-corrected chi connectivity index (χ0v) is 50.0. The molecule has 0 aromatic heterocycles. The summed E-state index contributed by atoms with van der Waals surface area (Å²) < 4.78 is 0. The predicted octanol–water partition coefficient (Wildman–Crippen LogP) is 25.1. The normalized spacial score (nSPS) is 11.4. The van der Waals surface area contributed by atoms with Crippen LogP contribution in [0.2, 0.25) is 0 Å². The van der Waals surface area contributed by atoms with Crippen LogP contribution in [-0.2, 0) is 9.59 Å². The van der Waals surface area contributed by atoms with Crippen LogP contribution in [-0.4, -0.2) is 22.2 Å². The van der Waals surface area contributed by atoms with E-state index < -0.39 is 11.9 Å². The number of carbonyl (C=O) groups is 2. The zero-order chi connectivity index (χ0) is 52.4. The first-order valence-electron chi connectivity index (χ1n) is 34.0. The molecule has 432 valence electrons. The first kappa shape index (κ1) is 73.0. The Morgan fingerprint density at radius 1 is 0.167 bits per heavy atom. The Balaban J connectivity index is 0. The molecule has 0 spiro atoms. The maximum absolute atomic E-state index is 10.5. The van der Waals surface area contributed by atoms with Gasteiger partial charge in [0, 0.05) is 12.8 Å². The minimum Gasteiger partial charge on any atom is -0.481 e. The topological polar surface area (TPSA) is 74.6 Å². The SMILES string of the molecule is CCCCCCCCCCCCCCCCCCCCCCCCCCCCCCCCCC(=O)O.CCCCCCCCCCCCCCCCCCCCCCCCCCCCCCCCCC(=O)O. The number of carboxylic acids is 2. The maximum Gasteiger partial charge on any atom is 0.303 e. The van der Waals surface area contributed by atoms with Gasteiger partial charge in [-0.2, -0.15) is 0 Å². The van der Waals surface area contributed by atoms with Gasteiger partial charge in [0.2, 0.25) is 0 Å². The van der Waals surface area contributed by atoms with Crippen molar-refractivity contribution in [3.05, 3.63) is 0 Å². The predicted molar refractivity (Wildman–Crippen MR) is 322 cm³/mol. The summed E-state index contributed by atoms with van der Waals surface area (Å²) in [5.41, 5.74) is 0. The Hall–Kier alpha value is -1.06. The largest absolute Gasteiger partial charge is 0.481 e. The molecule has 0 fully saturated rings. The van der Waals surface area contributed by atoms with Crippen molar-refractivity contribution in [1.82, 2.24) is 0 Å². The van der Waals surface area contributed by atoms with Crippen molar-refractivity contribution in [1.29, 1.82) is 0 Å². The van der Waals surface area contributed by atoms with Crippen molar-refractivity contribution in [3.8, 4) is 0 Å². The Kier molecular flexibility index (Phi) is 70.9. The van der Waals surface area contributed by atoms with Crippen LogP contribution in [0.4, 0.5) is 0 Å². The molecule has 0 aromatic carbocycles. The van der Waals surface area contributed by atoms with Crippen molar-refractivity contribution in [2.24, 2.45) is 0 Å². The van der Waals surface area contributed by atoms with Gasteiger partial charge in [-0.1, -0.05) is 399 Å². The second-order valence-electron chi connectivity index (χ2n) is 23.5. The lowest BCUT2D eigenvalue weighted by atomic mass is 10.0. The van der Waals surface area contributed by atoms with Crippen LogP contribution in [0.1, 0.15) is 425 Å². The van der Waals surface area contributed by atoms with Gasteiger partial charge >= 0.3 is 11.9 Å². The van der Waals surface area contributed by atoms with Crippen LogP contribution in [0.5, 0.6) is 0 Å². The molecule has 0 aliphatic rings. The molecule has 0 aliphatic heterocycles. The van der Waals surface area contributed by atoms with Gasteiger partial charge < -0.3 is 10.2 Å². The van der Waals surface area contributed by atoms with Crippen LogP contribution >= 0.6 is 0 Å². The number of aliphatic carboxylic acids is 2. The first-order valence-corrected chi connectivity index (χ1v) is 34.0. The van der Waals surface area contributed by atoms with Gasteiger partial charge in [-0.3, -0.25) is 9.59 Å². The molecule has 0 radical (unpaired) electrons. The van der Waals surface area contributed by atoms with Crippen LogP contribution in [0.15, 0.2) is 0 Å². The van der Waals surface area contributed by atoms with Gasteiger partial charge in [-0.05, 0) is 12.8 Å². The lowest BCUT2D eigenvalue weighted by Gasteiger charge is -2.04. The van der Waals surface area contributed by atoms with E-state index in [1.807, 2.05) is 0 Å². The molecule has 0 unspecified atom stereocenters. The molecule has 0 rings (SSSR count). The standard InChI is InChI=1S/2C34H68O2/c2*1-2-3-4-5-6-7-8-9-10-11-12-13-14-15-16-17-18-19-20-21-22-23-24-25-26-27-28-29-30-31-32-33-34(35)36/h2*2-33H2,1H3,(H,35,36). The van der Waals surface area contributed by atoms with Gasteiger partial charge in [0.1, 0.15) is 0 Å². The lowest BCUT2D eigenvalue weighted by molar-refractivity contribution is -0.138. The van der Waals surface area contributed by atoms with E-state index in [0.29, 0.717) is 12.8 Å². The third kappa shape index (κ3) is 75.5. The molecule has 0 heterocycles. The summed E-state index contributed by atoms with van der Waals surface area (Å²) in [4.78, 5) is 20.9. The van der Waals surface area contributed by atoms with Gasteiger partial charge in [0.25, 0.3) is 0 Å². The molecular formula is C68H136O4. The van der Waals surface area contributed by atoms with E-state index in [4.69, 9.17) is 10.2 Å². The van der Waals surface area contributed by atoms with E-state index in [0.717, 1.165) is 25.7 Å². The summed E-state index contributed by atoms with van der Waals surface area (Å²) in [7, 11) is 0. The summed E-state index contributed by atoms with van der Waals surface area (Å²) in [5, 5.41) is 17.2. The van der Waals surface area contributed by atoms with Gasteiger partial charge in [-0.25, -0.2) is 0 Å². The molecule has 4 nitrogen and oxygen atoms in total. The average molecular weight is 1020 g/mol. The summed E-state index contributed by atoms with van der Waals surface area (Å²) in [5.74, 6) is -1.30. The molecule has 0 saturated heterocycles. The van der Waals surface area contributed by atoms with Crippen molar-refractivity contribution in [2.45, 2.75) is 425 Å². The number of unbranched alkanes of at least 4 members (excludes halogenated alkanes) is 60. The Bertz CT molecular complexity index is 888. The molecule has 0 aliphatic carbocycles. The third-order valence-corrected chi connectivity index (χ3v) is 16.0. The van der Waals surface area contributed by atoms with Crippen LogP contribution in [0, 0.1) is 0 Å². The fourth-order valence-electron chi connectivity index (χ4n) is 11.0. The maximum atomic E-state index is 10.5. The molecule has 2 N–H and O–H groups in total. The van der Waals surface area contributed by atoms with E-state index in [2.05, 4.69) is 13.8 Å². The number of hydrogen-bond acceptors (Lipinski definition) is 2. The number of rotatable bonds is 64. The Morgan fingerprint density at radius 2 is 0.250 bits per heavy atom. The van der Waals surface area contributed by atoms with Gasteiger partial charge in [0.05, 0.1) is 0 Å². The smallest absolute Gasteiger partial charge is 0.303 e. The molecule has 0 atom stereocenters. The fraction of sp³-hybridized carbons (Fsp3) is 0.971. The highest BCUT2D eigenvalue weighted by Crippen LogP contribution is 2.19. The van der Waals surface area contributed by atoms with E-state index >= 15 is 0 Å². The summed E-state index contributed by atoms with van der Waals surface area (Å²) in [6.07, 6.45) is 87.9. The Labute approximate surface area is 454 Å². The van der Waals surface area contributed by atoms with Gasteiger partial charge in [0.15, 0.2) is 0 Å². The van der Waals surface area contributed by atoms with E-state index in [-0.39, 0.29) is 0 Å². The highest BCUT2D eigenvalue weighted by atomic mass is 16.4. The summed E-state index contributed by atoms with van der Waals surface area (Å²) >= 11 is 0. The number of hydrogen-bond donors (Lipinski definition) is 2. The minimum absolute atomic E-state index is 0.347. The molecular weight excluding hydrogens is 881 g/mol. The summed E-state index contributed by atoms with van der Waals surface area (Å²) in [6, 6.07) is 0. The van der Waals surface area contributed by atoms with Crippen LogP contribution in [0.25, 0.3) is 0 Å². The average Bonchev–Trinajstić information content (AvgIpc) is 3.37. The van der Waals surface area contributed by atoms with E-state index in [1.165, 1.54) is 372 Å². The highest BCUT2D eigenvalue weighted by Gasteiger charge is 2.01. The van der Waals surface area contributed by atoms with E-state index in [9.17, 15) is 9.59 Å².